The Morgan fingerprint density at radius 3 is 2.54 bits per heavy atom. The molecule has 1 aliphatic heterocycles. The second kappa shape index (κ2) is 8.53. The third-order valence-corrected chi connectivity index (χ3v) is 8.71. The molecule has 1 aliphatic carbocycles. The molecule has 0 unspecified atom stereocenters. The maximum atomic E-state index is 13.4. The Kier molecular flexibility index (Phi) is 5.63. The minimum Gasteiger partial charge on any atom is -0.445 e. The summed E-state index contributed by atoms with van der Waals surface area (Å²) in [5.41, 5.74) is 5.03. The van der Waals surface area contributed by atoms with Crippen LogP contribution in [0.1, 0.15) is 48.0 Å². The number of nitrogens with one attached hydrogen (secondary N) is 1. The minimum absolute atomic E-state index is 0.0322. The second-order valence-electron chi connectivity index (χ2n) is 9.00. The van der Waals surface area contributed by atoms with E-state index in [9.17, 15) is 22.8 Å². The molecule has 3 aromatic rings. The molecule has 2 aliphatic rings. The van der Waals surface area contributed by atoms with E-state index in [0.717, 1.165) is 12.0 Å². The van der Waals surface area contributed by atoms with E-state index in [1.165, 1.54) is 28.7 Å². The smallest absolute Gasteiger partial charge is 0.344 e. The van der Waals surface area contributed by atoms with Crippen LogP contribution in [0.2, 0.25) is 0 Å². The quantitative estimate of drug-likeness (QED) is 0.522. The fourth-order valence-corrected chi connectivity index (χ4v) is 6.48. The van der Waals surface area contributed by atoms with Gasteiger partial charge in [-0.15, -0.1) is 0 Å². The Balaban J connectivity index is 1.52. The van der Waals surface area contributed by atoms with Gasteiger partial charge < -0.3 is 15.5 Å². The van der Waals surface area contributed by atoms with Crippen LogP contribution >= 0.6 is 0 Å². The highest BCUT2D eigenvalue weighted by Gasteiger charge is 2.42. The van der Waals surface area contributed by atoms with Crippen molar-refractivity contribution in [2.75, 3.05) is 10.8 Å². The lowest BCUT2D eigenvalue weighted by atomic mass is 9.84. The number of aromatic nitrogens is 1. The Morgan fingerprint density at radius 2 is 1.80 bits per heavy atom. The Morgan fingerprint density at radius 1 is 1.06 bits per heavy atom. The van der Waals surface area contributed by atoms with E-state index in [1.54, 1.807) is 12.1 Å². The van der Waals surface area contributed by atoms with E-state index < -0.39 is 32.9 Å². The Bertz CT molecular complexity index is 1510. The molecule has 182 valence electrons. The zero-order chi connectivity index (χ0) is 24.8. The van der Waals surface area contributed by atoms with Crippen LogP contribution in [-0.4, -0.2) is 37.4 Å². The van der Waals surface area contributed by atoms with Crippen LogP contribution in [0, 0.1) is 0 Å². The first-order valence-electron chi connectivity index (χ1n) is 11.5. The number of carbonyl (C=O) groups is 2. The summed E-state index contributed by atoms with van der Waals surface area (Å²) in [7, 11) is -3.93. The van der Waals surface area contributed by atoms with Gasteiger partial charge in [0.15, 0.2) is 5.60 Å². The van der Waals surface area contributed by atoms with Crippen molar-refractivity contribution in [3.05, 3.63) is 70.0 Å². The number of pyridine rings is 1. The van der Waals surface area contributed by atoms with Gasteiger partial charge in [-0.3, -0.25) is 13.9 Å². The first-order valence-corrected chi connectivity index (χ1v) is 13.0. The number of primary amides is 1. The molecule has 10 heteroatoms. The summed E-state index contributed by atoms with van der Waals surface area (Å²) in [4.78, 5) is 41.1. The van der Waals surface area contributed by atoms with Gasteiger partial charge in [-0.2, -0.15) is 0 Å². The maximum absolute atomic E-state index is 13.4. The number of amides is 1. The van der Waals surface area contributed by atoms with E-state index in [-0.39, 0.29) is 15.8 Å². The highest BCUT2D eigenvalue weighted by atomic mass is 32.2. The van der Waals surface area contributed by atoms with Gasteiger partial charge >= 0.3 is 5.97 Å². The molecule has 1 aromatic heterocycles. The summed E-state index contributed by atoms with van der Waals surface area (Å²) < 4.78 is 33.7. The summed E-state index contributed by atoms with van der Waals surface area (Å²) in [6.07, 6.45) is 4.70. The number of rotatable bonds is 5. The van der Waals surface area contributed by atoms with Crippen LogP contribution in [0.5, 0.6) is 0 Å². The number of para-hydroxylation sites is 1. The number of anilines is 1. The van der Waals surface area contributed by atoms with Crippen LogP contribution in [0.4, 0.5) is 5.69 Å². The van der Waals surface area contributed by atoms with Crippen LogP contribution in [0.3, 0.4) is 0 Å². The molecule has 1 saturated carbocycles. The van der Waals surface area contributed by atoms with Crippen LogP contribution in [0.25, 0.3) is 10.9 Å². The molecular weight excluding hydrogens is 470 g/mol. The Hall–Kier alpha value is -3.66. The van der Waals surface area contributed by atoms with Gasteiger partial charge in [-0.25, -0.2) is 13.2 Å². The number of nitrogens with zero attached hydrogens (tertiary/aromatic N) is 1. The van der Waals surface area contributed by atoms with E-state index >= 15 is 0 Å². The third-order valence-electron chi connectivity index (χ3n) is 6.90. The van der Waals surface area contributed by atoms with Crippen molar-refractivity contribution < 1.29 is 22.7 Å². The number of carbonyl (C=O) groups excluding carboxylic acids is 2. The van der Waals surface area contributed by atoms with Crippen molar-refractivity contribution in [1.29, 1.82) is 0 Å². The van der Waals surface area contributed by atoms with E-state index in [4.69, 9.17) is 10.5 Å². The number of H-pyrrole nitrogens is 1. The number of ether oxygens (including phenoxy) is 1. The summed E-state index contributed by atoms with van der Waals surface area (Å²) >= 11 is 0. The van der Waals surface area contributed by atoms with Crippen molar-refractivity contribution in [2.45, 2.75) is 49.0 Å². The van der Waals surface area contributed by atoms with Crippen LogP contribution in [0.15, 0.2) is 58.4 Å². The molecule has 0 radical (unpaired) electrons. The molecular formula is C25H25N3O6S. The SMILES string of the molecule is NC(=O)C1(OC(=O)c2c[nH]c3ccc(S(=O)(=O)N4CCc5ccccc54)cc3c2=O)CCCCC1. The molecule has 9 nitrogen and oxygen atoms in total. The second-order valence-corrected chi connectivity index (χ2v) is 10.9. The van der Waals surface area contributed by atoms with Gasteiger partial charge in [-0.1, -0.05) is 24.6 Å². The minimum atomic E-state index is -3.93. The van der Waals surface area contributed by atoms with Crippen LogP contribution in [-0.2, 0) is 26.0 Å². The molecule has 1 amide bonds. The number of benzene rings is 2. The number of sulfonamides is 1. The van der Waals surface area contributed by atoms with Crippen molar-refractivity contribution in [2.24, 2.45) is 5.73 Å². The topological polar surface area (TPSA) is 140 Å². The first-order chi connectivity index (χ1) is 16.7. The van der Waals surface area contributed by atoms with Crippen molar-refractivity contribution in [3.63, 3.8) is 0 Å². The number of hydrogen-bond donors (Lipinski definition) is 2. The van der Waals surface area contributed by atoms with Gasteiger partial charge in [0.2, 0.25) is 5.43 Å². The highest BCUT2D eigenvalue weighted by molar-refractivity contribution is 7.92. The van der Waals surface area contributed by atoms with Gasteiger partial charge in [0, 0.05) is 23.6 Å². The van der Waals surface area contributed by atoms with Crippen molar-refractivity contribution >= 4 is 38.5 Å². The summed E-state index contributed by atoms with van der Waals surface area (Å²) in [6, 6.07) is 11.5. The molecule has 0 saturated heterocycles. The van der Waals surface area contributed by atoms with Gasteiger partial charge in [0.25, 0.3) is 15.9 Å². The summed E-state index contributed by atoms with van der Waals surface area (Å²) in [5.74, 6) is -1.70. The predicted octanol–water partition coefficient (Wildman–Crippen LogP) is 2.62. The van der Waals surface area contributed by atoms with Crippen molar-refractivity contribution in [3.8, 4) is 0 Å². The summed E-state index contributed by atoms with van der Waals surface area (Å²) in [5, 5.41) is 0.0322. The zero-order valence-electron chi connectivity index (χ0n) is 19.0. The normalized spacial score (nSPS) is 17.2. The lowest BCUT2D eigenvalue weighted by molar-refractivity contribution is -0.140. The van der Waals surface area contributed by atoms with Crippen molar-refractivity contribution in [1.82, 2.24) is 4.98 Å². The number of nitrogens with two attached hydrogens (primary N) is 1. The molecule has 35 heavy (non-hydrogen) atoms. The highest BCUT2D eigenvalue weighted by Crippen LogP contribution is 2.34. The molecule has 0 atom stereocenters. The number of fused-ring (bicyclic) bond motifs is 2. The average molecular weight is 496 g/mol. The monoisotopic (exact) mass is 495 g/mol. The number of hydrogen-bond acceptors (Lipinski definition) is 6. The molecule has 0 bridgehead atoms. The number of aromatic amines is 1. The molecule has 0 spiro atoms. The molecule has 1 fully saturated rings. The molecule has 2 aromatic carbocycles. The predicted molar refractivity (Wildman–Crippen MR) is 130 cm³/mol. The largest absolute Gasteiger partial charge is 0.445 e. The lowest BCUT2D eigenvalue weighted by Crippen LogP contribution is -2.49. The van der Waals surface area contributed by atoms with Gasteiger partial charge in [-0.05, 0) is 61.9 Å². The standard InChI is InChI=1S/C25H25N3O6S/c26-24(31)25(11-4-1-5-12-25)34-23(30)19-15-27-20-9-8-17(14-18(20)22(19)29)35(32,33)28-13-10-16-6-2-3-7-21(16)28/h2-3,6-9,14-15H,1,4-5,10-13H2,(H2,26,31)(H,27,29). The van der Waals surface area contributed by atoms with Crippen LogP contribution < -0.4 is 15.5 Å². The summed E-state index contributed by atoms with van der Waals surface area (Å²) in [6.45, 7) is 0.303. The van der Waals surface area contributed by atoms with E-state index in [0.29, 0.717) is 49.9 Å². The van der Waals surface area contributed by atoms with Gasteiger partial charge in [0.1, 0.15) is 5.56 Å². The fourth-order valence-electron chi connectivity index (χ4n) is 4.95. The molecule has 3 N–H and O–H groups in total. The maximum Gasteiger partial charge on any atom is 0.344 e. The molecule has 2 heterocycles. The van der Waals surface area contributed by atoms with Gasteiger partial charge in [0.05, 0.1) is 10.6 Å². The van der Waals surface area contributed by atoms with E-state index in [2.05, 4.69) is 4.98 Å². The Labute approximate surface area is 201 Å². The first kappa shape index (κ1) is 23.1. The average Bonchev–Trinajstić information content (AvgIpc) is 3.29. The zero-order valence-corrected chi connectivity index (χ0v) is 19.8. The third kappa shape index (κ3) is 3.87. The molecule has 5 rings (SSSR count). The number of esters is 1. The lowest BCUT2D eigenvalue weighted by Gasteiger charge is -2.33. The fraction of sp³-hybridized carbons (Fsp3) is 0.320. The van der Waals surface area contributed by atoms with E-state index in [1.807, 2.05) is 12.1 Å².